The predicted octanol–water partition coefficient (Wildman–Crippen LogP) is 11.8. The van der Waals surface area contributed by atoms with Crippen molar-refractivity contribution in [3.63, 3.8) is 0 Å². The average molecular weight is 1160 g/mol. The Morgan fingerprint density at radius 3 is 0.859 bits per heavy atom. The van der Waals surface area contributed by atoms with Crippen molar-refractivity contribution in [2.75, 3.05) is 0 Å². The van der Waals surface area contributed by atoms with Gasteiger partial charge in [0.05, 0.1) is 24.2 Å². The monoisotopic (exact) mass is 1160 g/mol. The summed E-state index contributed by atoms with van der Waals surface area (Å²) in [5.74, 6) is 4.76. The molecule has 0 aliphatic rings. The van der Waals surface area contributed by atoms with Crippen molar-refractivity contribution >= 4 is 29.1 Å². The fraction of sp³-hybridized carbons (Fsp3) is 0.375. The van der Waals surface area contributed by atoms with Crippen molar-refractivity contribution in [3.8, 4) is 30.0 Å². The molecule has 0 atom stereocenters. The van der Waals surface area contributed by atoms with Gasteiger partial charge in [0.1, 0.15) is 46.4 Å². The van der Waals surface area contributed by atoms with E-state index in [0.717, 1.165) is 75.9 Å². The molecule has 6 rings (SSSR count). The number of phenols is 2. The lowest BCUT2D eigenvalue weighted by atomic mass is 10.0. The van der Waals surface area contributed by atoms with Crippen molar-refractivity contribution in [2.45, 2.75) is 164 Å². The molecule has 0 amide bonds. The quantitative estimate of drug-likeness (QED) is 0.0252. The molecular formula is C64H97N19O2. The zero-order chi connectivity index (χ0) is 66.7. The molecule has 13 N–H and O–H groups in total. The van der Waals surface area contributed by atoms with Crippen LogP contribution in [0.2, 0.25) is 0 Å². The highest BCUT2D eigenvalue weighted by Gasteiger charge is 2.06. The summed E-state index contributed by atoms with van der Waals surface area (Å²) in [4.78, 5) is 37.8. The van der Waals surface area contributed by atoms with Crippen LogP contribution < -0.4 is 28.7 Å². The highest BCUT2D eigenvalue weighted by molar-refractivity contribution is 5.91. The van der Waals surface area contributed by atoms with Crippen molar-refractivity contribution < 1.29 is 10.2 Å². The fourth-order valence-electron chi connectivity index (χ4n) is 5.57. The Morgan fingerprint density at radius 2 is 0.741 bits per heavy atom. The molecule has 0 fully saturated rings. The number of aromatic nitrogens is 6. The molecule has 85 heavy (non-hydrogen) atoms. The number of aromatic hydroxyl groups is 2. The molecule has 460 valence electrons. The number of aryl methyl sites for hydroxylation is 8. The summed E-state index contributed by atoms with van der Waals surface area (Å²) in [5, 5.41) is 48.3. The smallest absolute Gasteiger partial charge is 0.214 e. The van der Waals surface area contributed by atoms with Gasteiger partial charge in [-0.25, -0.2) is 39.9 Å². The Morgan fingerprint density at radius 1 is 0.494 bits per heavy atom. The van der Waals surface area contributed by atoms with Gasteiger partial charge in [-0.05, 0) is 170 Å². The van der Waals surface area contributed by atoms with Gasteiger partial charge in [0.15, 0.2) is 5.79 Å². The first-order chi connectivity index (χ1) is 39.7. The second kappa shape index (κ2) is 51.3. The van der Waals surface area contributed by atoms with Crippen LogP contribution in [-0.2, 0) is 12.8 Å². The summed E-state index contributed by atoms with van der Waals surface area (Å²) in [6.07, 6.45) is 5.63. The number of aliphatic imine (C=N–C) groups is 4. The normalized spacial score (nSPS) is 9.40. The van der Waals surface area contributed by atoms with Gasteiger partial charge in [-0.2, -0.15) is 25.8 Å². The van der Waals surface area contributed by atoms with Gasteiger partial charge >= 0.3 is 0 Å². The summed E-state index contributed by atoms with van der Waals surface area (Å²) in [6, 6.07) is 33.7. The molecule has 21 nitrogen and oxygen atoms in total. The number of hydrogen-bond donors (Lipinski definition) is 8. The second-order valence-electron chi connectivity index (χ2n) is 18.3. The molecule has 6 aromatic rings. The Balaban J connectivity index is -0.000000287. The van der Waals surface area contributed by atoms with Crippen LogP contribution in [0, 0.1) is 95.0 Å². The number of guanidine groups is 1. The number of benzene rings is 4. The van der Waals surface area contributed by atoms with Crippen LogP contribution >= 0.6 is 0 Å². The van der Waals surface area contributed by atoms with E-state index in [1.807, 2.05) is 106 Å². The molecule has 0 unspecified atom stereocenters. The summed E-state index contributed by atoms with van der Waals surface area (Å²) in [6.45, 7) is 40.7. The van der Waals surface area contributed by atoms with Gasteiger partial charge in [0, 0.05) is 11.4 Å². The van der Waals surface area contributed by atoms with Gasteiger partial charge in [-0.15, -0.1) is 0 Å². The van der Waals surface area contributed by atoms with Crippen LogP contribution in [0.4, 0.5) is 0 Å². The SMILES string of the molecule is C=C(C)CC#N.CC.CC.CC(C)=NC#N.CC(C)=NC#N.CC(N)=NC(=N)N.CC(N)=NC(C)(N)N.Cc1ccc(Cc2ccc(C)cc2)cc1.Cc1nc(C)nc(C)n1.Cc1nc(C)nc(C)n1.Oc1ccc(Cc2ccc(O)cc2)cc1. The van der Waals surface area contributed by atoms with Crippen LogP contribution in [-0.4, -0.2) is 75.0 Å². The van der Waals surface area contributed by atoms with Crippen LogP contribution in [0.15, 0.2) is 129 Å². The predicted molar refractivity (Wildman–Crippen MR) is 352 cm³/mol. The van der Waals surface area contributed by atoms with Crippen LogP contribution in [0.5, 0.6) is 11.5 Å². The van der Waals surface area contributed by atoms with E-state index in [0.29, 0.717) is 18.1 Å². The molecule has 0 bridgehead atoms. The number of nitrogens with zero attached hydrogens (tertiary/aromatic N) is 13. The Bertz CT molecular complexity index is 2660. The first-order valence-corrected chi connectivity index (χ1v) is 27.0. The Labute approximate surface area is 508 Å². The molecule has 2 aromatic heterocycles. The lowest BCUT2D eigenvalue weighted by Gasteiger charge is -2.11. The second-order valence-corrected chi connectivity index (χ2v) is 18.3. The largest absolute Gasteiger partial charge is 0.508 e. The molecule has 4 aromatic carbocycles. The standard InChI is InChI=1S/C15H16.C13H12O2.2C6H9N3.C5H7N.C4H12N4.2C4H6N2.C3H8N4.2C2H6/c1-12-3-7-14(8-4-12)11-15-9-5-13(2)6-10-15;14-12-5-1-10(2-6-12)9-11-3-7-13(15)8-4-11;2*1-4-7-5(2)9-6(3)8-4;1-5(2)3-4-6;1-3(5)8-4(2,6)7;2*1-4(2)6-3-5;1-2(4)7-3(5)6;2*1-2/h3-10H,11H2,1-2H3;1-8,14-15H,9H2;2*1-3H3;1,3H2,2H3;6-7H2,1-2H3,(H2,5,8);2*1-2H3;1H3,(H5,4,5,6,7);2*1-2H3. The van der Waals surface area contributed by atoms with E-state index in [-0.39, 0.29) is 17.5 Å². The molecule has 0 saturated heterocycles. The maximum atomic E-state index is 9.13. The molecule has 21 heteroatoms. The average Bonchev–Trinajstić information content (AvgIpc) is 3.41. The Kier molecular flexibility index (Phi) is 50.8. The minimum absolute atomic E-state index is 0.250. The first kappa shape index (κ1) is 84.2. The number of hydrogen-bond acceptors (Lipinski definition) is 17. The number of rotatable bonds is 6. The van der Waals surface area contributed by atoms with Gasteiger partial charge in [-0.3, -0.25) is 16.9 Å². The number of amidine groups is 2. The number of allylic oxidation sites excluding steroid dienone is 1. The first-order valence-electron chi connectivity index (χ1n) is 27.0. The van der Waals surface area contributed by atoms with Gasteiger partial charge in [-0.1, -0.05) is 124 Å². The molecule has 0 aliphatic carbocycles. The summed E-state index contributed by atoms with van der Waals surface area (Å²) in [7, 11) is 0. The van der Waals surface area contributed by atoms with Gasteiger partial charge in [0.25, 0.3) is 0 Å². The molecule has 0 radical (unpaired) electrons. The van der Waals surface area contributed by atoms with E-state index in [1.54, 1.807) is 85.1 Å². The fourth-order valence-corrected chi connectivity index (χ4v) is 5.57. The zero-order valence-corrected chi connectivity index (χ0v) is 54.2. The number of phenolic OH excluding ortho intramolecular Hbond substituents is 2. The molecule has 0 aliphatic heterocycles. The third kappa shape index (κ3) is 60.3. The van der Waals surface area contributed by atoms with Crippen molar-refractivity contribution in [3.05, 3.63) is 178 Å². The van der Waals surface area contributed by atoms with E-state index in [2.05, 4.69) is 119 Å². The number of nitrogens with two attached hydrogens (primary N) is 5. The Hall–Kier alpha value is -9.62. The van der Waals surface area contributed by atoms with Crippen LogP contribution in [0.25, 0.3) is 0 Å². The summed E-state index contributed by atoms with van der Waals surface area (Å²) < 4.78 is 0. The van der Waals surface area contributed by atoms with Gasteiger partial charge < -0.3 is 27.4 Å². The maximum absolute atomic E-state index is 9.13. The van der Waals surface area contributed by atoms with E-state index in [4.69, 9.17) is 60.1 Å². The van der Waals surface area contributed by atoms with Crippen molar-refractivity contribution in [2.24, 2.45) is 48.6 Å². The lowest BCUT2D eigenvalue weighted by molar-refractivity contribution is 0.475. The van der Waals surface area contributed by atoms with Crippen molar-refractivity contribution in [1.29, 1.82) is 21.2 Å². The maximum Gasteiger partial charge on any atom is 0.214 e. The van der Waals surface area contributed by atoms with E-state index >= 15 is 0 Å². The molecule has 0 spiro atoms. The van der Waals surface area contributed by atoms with E-state index in [9.17, 15) is 0 Å². The highest BCUT2D eigenvalue weighted by Crippen LogP contribution is 2.16. The van der Waals surface area contributed by atoms with Crippen LogP contribution in [0.3, 0.4) is 0 Å². The third-order valence-electron chi connectivity index (χ3n) is 8.51. The minimum atomic E-state index is -1.02. The van der Waals surface area contributed by atoms with E-state index < -0.39 is 5.79 Å². The summed E-state index contributed by atoms with van der Waals surface area (Å²) >= 11 is 0. The third-order valence-corrected chi connectivity index (χ3v) is 8.51. The number of nitrogens with one attached hydrogen (secondary N) is 1. The number of nitriles is 3. The topological polar surface area (TPSA) is 393 Å². The van der Waals surface area contributed by atoms with E-state index in [1.165, 1.54) is 22.3 Å². The summed E-state index contributed by atoms with van der Waals surface area (Å²) in [5.41, 5.74) is 35.7. The molecule has 2 heterocycles. The minimum Gasteiger partial charge on any atom is -0.508 e. The lowest BCUT2D eigenvalue weighted by Crippen LogP contribution is -2.45. The highest BCUT2D eigenvalue weighted by atomic mass is 16.3. The van der Waals surface area contributed by atoms with Gasteiger partial charge in [0.2, 0.25) is 18.3 Å². The van der Waals surface area contributed by atoms with Crippen molar-refractivity contribution in [1.82, 2.24) is 29.9 Å². The molecular weight excluding hydrogens is 1070 g/mol. The van der Waals surface area contributed by atoms with Crippen LogP contribution in [0.1, 0.15) is 158 Å². The zero-order valence-electron chi connectivity index (χ0n) is 54.2. The molecule has 0 saturated carbocycles.